The molecule has 0 atom stereocenters. The smallest absolute Gasteiger partial charge is 0.450 e. The van der Waals surface area contributed by atoms with E-state index in [-0.39, 0.29) is 0 Å². The largest absolute Gasteiger partial charge is 0.503 e. The summed E-state index contributed by atoms with van der Waals surface area (Å²) in [5.74, 6) is 0. The summed E-state index contributed by atoms with van der Waals surface area (Å²) in [6, 6.07) is 19.4. The van der Waals surface area contributed by atoms with E-state index >= 15 is 0 Å². The minimum Gasteiger partial charge on any atom is -0.450 e. The highest BCUT2D eigenvalue weighted by atomic mass is 16.6. The summed E-state index contributed by atoms with van der Waals surface area (Å²) in [7, 11) is 0. The van der Waals surface area contributed by atoms with Gasteiger partial charge < -0.3 is 20.4 Å². The molecular weight excluding hydrogens is 292 g/mol. The normalized spacial score (nSPS) is 8.91. The van der Waals surface area contributed by atoms with Crippen LogP contribution in [0.2, 0.25) is 0 Å². The Hall–Kier alpha value is -3.42. The minimum atomic E-state index is -1.83. The number of carbonyl (C=O) groups is 2. The van der Waals surface area contributed by atoms with Crippen LogP contribution in [0.15, 0.2) is 70.9 Å². The van der Waals surface area contributed by atoms with E-state index in [0.29, 0.717) is 0 Å². The van der Waals surface area contributed by atoms with Gasteiger partial charge in [0, 0.05) is 0 Å². The van der Waals surface area contributed by atoms with Gasteiger partial charge in [0.2, 0.25) is 0 Å². The Morgan fingerprint density at radius 2 is 0.818 bits per heavy atom. The topological polar surface area (TPSA) is 140 Å². The molecule has 2 aromatic rings. The monoisotopic (exact) mass is 306 g/mol. The van der Waals surface area contributed by atoms with Gasteiger partial charge in [0.05, 0.1) is 11.4 Å². The van der Waals surface area contributed by atoms with E-state index in [1.807, 2.05) is 60.7 Å². The third-order valence-corrected chi connectivity index (χ3v) is 1.79. The summed E-state index contributed by atoms with van der Waals surface area (Å²) in [6.07, 6.45) is -3.67. The first-order valence-corrected chi connectivity index (χ1v) is 5.77. The van der Waals surface area contributed by atoms with E-state index in [0.717, 1.165) is 11.4 Å². The quantitative estimate of drug-likeness (QED) is 0.600. The van der Waals surface area contributed by atoms with Gasteiger partial charge in [-0.1, -0.05) is 36.4 Å². The van der Waals surface area contributed by atoms with Crippen molar-refractivity contribution in [2.45, 2.75) is 0 Å². The highest BCUT2D eigenvalue weighted by Crippen LogP contribution is 2.16. The summed E-state index contributed by atoms with van der Waals surface area (Å²) in [5.41, 5.74) is 1.74. The first-order chi connectivity index (χ1) is 10.4. The number of hydrogen-bond donors (Lipinski definition) is 4. The van der Waals surface area contributed by atoms with Crippen molar-refractivity contribution in [2.75, 3.05) is 0 Å². The first kappa shape index (κ1) is 18.6. The zero-order chi connectivity index (χ0) is 16.8. The molecule has 22 heavy (non-hydrogen) atoms. The summed E-state index contributed by atoms with van der Waals surface area (Å²) in [6.45, 7) is 0. The van der Waals surface area contributed by atoms with Crippen molar-refractivity contribution >= 4 is 23.7 Å². The molecule has 2 aromatic carbocycles. The number of nitrogens with zero attached hydrogens (tertiary/aromatic N) is 2. The summed E-state index contributed by atoms with van der Waals surface area (Å²) in [5, 5.41) is 36.1. The van der Waals surface area contributed by atoms with Crippen LogP contribution in [-0.2, 0) is 0 Å². The van der Waals surface area contributed by atoms with E-state index in [1.165, 1.54) is 0 Å². The molecule has 4 N–H and O–H groups in total. The molecule has 0 fully saturated rings. The lowest BCUT2D eigenvalue weighted by molar-refractivity contribution is 0.135. The molecule has 0 saturated carbocycles. The predicted molar refractivity (Wildman–Crippen MR) is 78.4 cm³/mol. The van der Waals surface area contributed by atoms with Gasteiger partial charge in [-0.15, -0.1) is 0 Å². The molecule has 0 unspecified atom stereocenters. The first-order valence-electron chi connectivity index (χ1n) is 5.77. The summed E-state index contributed by atoms with van der Waals surface area (Å²) in [4.78, 5) is 17.1. The second kappa shape index (κ2) is 11.4. The van der Waals surface area contributed by atoms with Gasteiger partial charge in [0.25, 0.3) is 0 Å². The number of hydrogen-bond acceptors (Lipinski definition) is 4. The predicted octanol–water partition coefficient (Wildman–Crippen LogP) is 4.55. The van der Waals surface area contributed by atoms with Crippen molar-refractivity contribution in [3.8, 4) is 0 Å². The van der Waals surface area contributed by atoms with Crippen LogP contribution in [0.5, 0.6) is 0 Å². The molecule has 0 saturated heterocycles. The summed E-state index contributed by atoms with van der Waals surface area (Å²) < 4.78 is 0. The molecule has 0 bridgehead atoms. The van der Waals surface area contributed by atoms with Crippen molar-refractivity contribution in [3.05, 3.63) is 60.7 Å². The zero-order valence-electron chi connectivity index (χ0n) is 11.3. The second-order valence-electron chi connectivity index (χ2n) is 3.44. The van der Waals surface area contributed by atoms with Crippen LogP contribution in [0.4, 0.5) is 21.0 Å². The van der Waals surface area contributed by atoms with E-state index in [4.69, 9.17) is 30.0 Å². The van der Waals surface area contributed by atoms with E-state index in [1.54, 1.807) is 0 Å². The van der Waals surface area contributed by atoms with Crippen LogP contribution >= 0.6 is 0 Å². The van der Waals surface area contributed by atoms with Gasteiger partial charge in [-0.3, -0.25) is 0 Å². The van der Waals surface area contributed by atoms with E-state index < -0.39 is 12.3 Å². The Morgan fingerprint density at radius 1 is 0.591 bits per heavy atom. The molecule has 0 amide bonds. The van der Waals surface area contributed by atoms with Crippen molar-refractivity contribution in [3.63, 3.8) is 0 Å². The fourth-order valence-corrected chi connectivity index (χ4v) is 1.10. The van der Waals surface area contributed by atoms with Crippen LogP contribution in [0.1, 0.15) is 0 Å². The zero-order valence-corrected chi connectivity index (χ0v) is 11.3. The third-order valence-electron chi connectivity index (χ3n) is 1.79. The van der Waals surface area contributed by atoms with Crippen LogP contribution in [0.25, 0.3) is 0 Å². The van der Waals surface area contributed by atoms with Crippen molar-refractivity contribution in [1.82, 2.24) is 0 Å². The van der Waals surface area contributed by atoms with Crippen LogP contribution in [0.3, 0.4) is 0 Å². The third kappa shape index (κ3) is 13.0. The van der Waals surface area contributed by atoms with E-state index in [2.05, 4.69) is 10.2 Å². The molecular formula is C14H14N2O6. The Balaban J connectivity index is 0.000000464. The molecule has 0 aliphatic carbocycles. The average Bonchev–Trinajstić information content (AvgIpc) is 2.46. The Kier molecular flexibility index (Phi) is 9.64. The minimum absolute atomic E-state index is 0.872. The van der Waals surface area contributed by atoms with Crippen molar-refractivity contribution < 1.29 is 30.0 Å². The number of azo groups is 1. The molecule has 0 radical (unpaired) electrons. The van der Waals surface area contributed by atoms with Gasteiger partial charge in [-0.25, -0.2) is 9.59 Å². The number of carboxylic acid groups (broad SMARTS) is 4. The van der Waals surface area contributed by atoms with Crippen LogP contribution < -0.4 is 0 Å². The molecule has 8 nitrogen and oxygen atoms in total. The SMILES string of the molecule is O=C(O)O.O=C(O)O.c1ccc(N=Nc2ccccc2)cc1. The average molecular weight is 306 g/mol. The van der Waals surface area contributed by atoms with E-state index in [9.17, 15) is 0 Å². The number of rotatable bonds is 2. The van der Waals surface area contributed by atoms with Gasteiger partial charge in [0.1, 0.15) is 0 Å². The van der Waals surface area contributed by atoms with Gasteiger partial charge in [-0.2, -0.15) is 10.2 Å². The highest BCUT2D eigenvalue weighted by molar-refractivity contribution is 5.53. The number of benzene rings is 2. The molecule has 2 rings (SSSR count). The second-order valence-corrected chi connectivity index (χ2v) is 3.44. The maximum Gasteiger partial charge on any atom is 0.503 e. The standard InChI is InChI=1S/C12H10N2.2CH2O3/c1-3-7-11(8-4-1)13-14-12-9-5-2-6-10-12;2*2-1(3)4/h1-10H;2*(H2,2,3,4). The Bertz CT molecular complexity index is 525. The maximum absolute atomic E-state index is 8.56. The van der Waals surface area contributed by atoms with Crippen LogP contribution in [0, 0.1) is 0 Å². The lowest BCUT2D eigenvalue weighted by atomic mass is 10.3. The molecule has 0 aliphatic heterocycles. The molecule has 0 spiro atoms. The molecule has 8 heteroatoms. The molecule has 0 aromatic heterocycles. The Labute approximate surface area is 125 Å². The van der Waals surface area contributed by atoms with Gasteiger partial charge in [-0.05, 0) is 24.3 Å². The van der Waals surface area contributed by atoms with Crippen LogP contribution in [-0.4, -0.2) is 32.7 Å². The molecule has 0 aliphatic rings. The highest BCUT2D eigenvalue weighted by Gasteiger charge is 1.86. The fraction of sp³-hybridized carbons (Fsp3) is 0. The Morgan fingerprint density at radius 3 is 1.05 bits per heavy atom. The van der Waals surface area contributed by atoms with Crippen molar-refractivity contribution in [1.29, 1.82) is 0 Å². The van der Waals surface area contributed by atoms with Crippen molar-refractivity contribution in [2.24, 2.45) is 10.2 Å². The lowest BCUT2D eigenvalue weighted by Gasteiger charge is -1.91. The summed E-state index contributed by atoms with van der Waals surface area (Å²) >= 11 is 0. The fourth-order valence-electron chi connectivity index (χ4n) is 1.10. The van der Waals surface area contributed by atoms with Gasteiger partial charge >= 0.3 is 12.3 Å². The molecule has 116 valence electrons. The maximum atomic E-state index is 8.56. The lowest BCUT2D eigenvalue weighted by Crippen LogP contribution is -1.81. The molecule has 0 heterocycles. The van der Waals surface area contributed by atoms with Gasteiger partial charge in [0.15, 0.2) is 0 Å².